The number of aliphatic hydroxyl groups is 1. The molecule has 2 aliphatic rings. The van der Waals surface area contributed by atoms with Crippen LogP contribution in [0.15, 0.2) is 24.3 Å². The second kappa shape index (κ2) is 5.38. The van der Waals surface area contributed by atoms with Crippen molar-refractivity contribution in [2.45, 2.75) is 57.2 Å². The third-order valence-corrected chi connectivity index (χ3v) is 4.82. The van der Waals surface area contributed by atoms with E-state index >= 15 is 0 Å². The molecule has 1 fully saturated rings. The minimum atomic E-state index is -0.235. The first kappa shape index (κ1) is 13.9. The first-order chi connectivity index (χ1) is 9.62. The molecule has 3 rings (SSSR count). The number of para-hydroxylation sites is 1. The highest BCUT2D eigenvalue weighted by Gasteiger charge is 2.42. The maximum Gasteiger partial charge on any atom is 0.125 e. The second-order valence-corrected chi connectivity index (χ2v) is 6.68. The summed E-state index contributed by atoms with van der Waals surface area (Å²) < 4.78 is 6.09. The van der Waals surface area contributed by atoms with Crippen LogP contribution in [0.5, 0.6) is 5.75 Å². The molecule has 2 N–H and O–H groups in total. The standard InChI is InChI=1S/C17H25NO2/c1-17(2)16(13-8-4-6-10-15(13)20-17)18-14-9-5-3-7-12(14)11-19/h4,6,8,10,12,14,16,18-19H,3,5,7,9,11H2,1-2H3. The summed E-state index contributed by atoms with van der Waals surface area (Å²) in [6, 6.07) is 8.89. The second-order valence-electron chi connectivity index (χ2n) is 6.68. The summed E-state index contributed by atoms with van der Waals surface area (Å²) >= 11 is 0. The third kappa shape index (κ3) is 2.45. The van der Waals surface area contributed by atoms with Gasteiger partial charge in [0, 0.05) is 18.2 Å². The van der Waals surface area contributed by atoms with Crippen LogP contribution < -0.4 is 10.1 Å². The summed E-state index contributed by atoms with van der Waals surface area (Å²) in [6.07, 6.45) is 4.78. The molecule has 0 amide bonds. The van der Waals surface area contributed by atoms with Crippen molar-refractivity contribution in [1.29, 1.82) is 0 Å². The van der Waals surface area contributed by atoms with Crippen molar-refractivity contribution in [2.75, 3.05) is 6.61 Å². The molecular formula is C17H25NO2. The molecular weight excluding hydrogens is 250 g/mol. The Morgan fingerprint density at radius 3 is 2.80 bits per heavy atom. The van der Waals surface area contributed by atoms with E-state index in [1.165, 1.54) is 18.4 Å². The van der Waals surface area contributed by atoms with Gasteiger partial charge in [0.1, 0.15) is 11.4 Å². The van der Waals surface area contributed by atoms with Gasteiger partial charge in [0.25, 0.3) is 0 Å². The minimum Gasteiger partial charge on any atom is -0.486 e. The molecule has 0 bridgehead atoms. The highest BCUT2D eigenvalue weighted by molar-refractivity contribution is 5.42. The summed E-state index contributed by atoms with van der Waals surface area (Å²) in [5, 5.41) is 13.4. The molecule has 1 aromatic carbocycles. The van der Waals surface area contributed by atoms with Gasteiger partial charge in [-0.25, -0.2) is 0 Å². The predicted molar refractivity (Wildman–Crippen MR) is 79.9 cm³/mol. The quantitative estimate of drug-likeness (QED) is 0.891. The normalized spacial score (nSPS) is 31.6. The average Bonchev–Trinajstić information content (AvgIpc) is 2.70. The van der Waals surface area contributed by atoms with E-state index in [4.69, 9.17) is 4.74 Å². The van der Waals surface area contributed by atoms with Crippen molar-refractivity contribution in [3.63, 3.8) is 0 Å². The molecule has 1 heterocycles. The number of fused-ring (bicyclic) bond motifs is 1. The van der Waals surface area contributed by atoms with E-state index in [1.807, 2.05) is 12.1 Å². The van der Waals surface area contributed by atoms with Crippen molar-refractivity contribution in [2.24, 2.45) is 5.92 Å². The van der Waals surface area contributed by atoms with Crippen molar-refractivity contribution < 1.29 is 9.84 Å². The predicted octanol–water partition coefficient (Wildman–Crippen LogP) is 3.04. The fourth-order valence-electron chi connectivity index (χ4n) is 3.68. The van der Waals surface area contributed by atoms with Gasteiger partial charge >= 0.3 is 0 Å². The van der Waals surface area contributed by atoms with E-state index in [2.05, 4.69) is 31.3 Å². The summed E-state index contributed by atoms with van der Waals surface area (Å²) in [5.41, 5.74) is 1.01. The molecule has 1 aliphatic heterocycles. The van der Waals surface area contributed by atoms with Gasteiger partial charge in [-0.3, -0.25) is 0 Å². The van der Waals surface area contributed by atoms with Crippen LogP contribution in [0.4, 0.5) is 0 Å². The van der Waals surface area contributed by atoms with E-state index in [9.17, 15) is 5.11 Å². The zero-order chi connectivity index (χ0) is 14.2. The lowest BCUT2D eigenvalue weighted by Gasteiger charge is -2.36. The number of hydrogen-bond acceptors (Lipinski definition) is 3. The van der Waals surface area contributed by atoms with Gasteiger partial charge in [-0.1, -0.05) is 31.0 Å². The number of hydrogen-bond donors (Lipinski definition) is 2. The number of benzene rings is 1. The maximum atomic E-state index is 9.59. The molecule has 0 aromatic heterocycles. The Kier molecular flexibility index (Phi) is 3.74. The van der Waals surface area contributed by atoms with E-state index in [-0.39, 0.29) is 18.2 Å². The van der Waals surface area contributed by atoms with Gasteiger partial charge in [0.05, 0.1) is 6.04 Å². The fourth-order valence-corrected chi connectivity index (χ4v) is 3.68. The van der Waals surface area contributed by atoms with Gasteiger partial charge in [-0.05, 0) is 38.7 Å². The zero-order valence-electron chi connectivity index (χ0n) is 12.4. The smallest absolute Gasteiger partial charge is 0.125 e. The molecule has 3 nitrogen and oxygen atoms in total. The minimum absolute atomic E-state index is 0.204. The van der Waals surface area contributed by atoms with Crippen LogP contribution in [0, 0.1) is 5.92 Å². The van der Waals surface area contributed by atoms with E-state index < -0.39 is 0 Å². The Hall–Kier alpha value is -1.06. The molecule has 3 unspecified atom stereocenters. The van der Waals surface area contributed by atoms with E-state index in [1.54, 1.807) is 0 Å². The zero-order valence-corrected chi connectivity index (χ0v) is 12.4. The van der Waals surface area contributed by atoms with Crippen molar-refractivity contribution in [3.8, 4) is 5.75 Å². The van der Waals surface area contributed by atoms with Gasteiger partial charge in [-0.2, -0.15) is 0 Å². The lowest BCUT2D eigenvalue weighted by atomic mass is 9.83. The lowest BCUT2D eigenvalue weighted by Crippen LogP contribution is -2.48. The molecule has 1 aromatic rings. The number of ether oxygens (including phenoxy) is 1. The summed E-state index contributed by atoms with van der Waals surface area (Å²) in [5.74, 6) is 1.37. The Balaban J connectivity index is 1.82. The van der Waals surface area contributed by atoms with E-state index in [0.717, 1.165) is 18.6 Å². The topological polar surface area (TPSA) is 41.5 Å². The Labute approximate surface area is 121 Å². The maximum absolute atomic E-state index is 9.59. The first-order valence-electron chi connectivity index (χ1n) is 7.76. The Morgan fingerprint density at radius 2 is 2.00 bits per heavy atom. The Morgan fingerprint density at radius 1 is 1.25 bits per heavy atom. The fraction of sp³-hybridized carbons (Fsp3) is 0.647. The average molecular weight is 275 g/mol. The van der Waals surface area contributed by atoms with Crippen molar-refractivity contribution >= 4 is 0 Å². The lowest BCUT2D eigenvalue weighted by molar-refractivity contribution is 0.0720. The van der Waals surface area contributed by atoms with Crippen LogP contribution in [-0.4, -0.2) is 23.4 Å². The highest BCUT2D eigenvalue weighted by atomic mass is 16.5. The van der Waals surface area contributed by atoms with Crippen molar-refractivity contribution in [1.82, 2.24) is 5.32 Å². The van der Waals surface area contributed by atoms with Crippen LogP contribution in [-0.2, 0) is 0 Å². The van der Waals surface area contributed by atoms with Crippen molar-refractivity contribution in [3.05, 3.63) is 29.8 Å². The van der Waals surface area contributed by atoms with E-state index in [0.29, 0.717) is 12.0 Å². The summed E-state index contributed by atoms with van der Waals surface area (Å²) in [4.78, 5) is 0. The molecule has 0 saturated heterocycles. The SMILES string of the molecule is CC1(C)Oc2ccccc2C1NC1CCCCC1CO. The number of rotatable bonds is 3. The molecule has 3 heteroatoms. The summed E-state index contributed by atoms with van der Waals surface area (Å²) in [6.45, 7) is 4.57. The van der Waals surface area contributed by atoms with Crippen LogP contribution >= 0.6 is 0 Å². The van der Waals surface area contributed by atoms with Crippen LogP contribution in [0.25, 0.3) is 0 Å². The van der Waals surface area contributed by atoms with Gasteiger partial charge in [0.2, 0.25) is 0 Å². The molecule has 1 saturated carbocycles. The third-order valence-electron chi connectivity index (χ3n) is 4.82. The molecule has 3 atom stereocenters. The molecule has 1 aliphatic carbocycles. The van der Waals surface area contributed by atoms with Crippen LogP contribution in [0.3, 0.4) is 0 Å². The van der Waals surface area contributed by atoms with Gasteiger partial charge in [0.15, 0.2) is 0 Å². The molecule has 0 radical (unpaired) electrons. The monoisotopic (exact) mass is 275 g/mol. The molecule has 110 valence electrons. The van der Waals surface area contributed by atoms with Crippen LogP contribution in [0.2, 0.25) is 0 Å². The summed E-state index contributed by atoms with van der Waals surface area (Å²) in [7, 11) is 0. The first-order valence-corrected chi connectivity index (χ1v) is 7.76. The highest BCUT2D eigenvalue weighted by Crippen LogP contribution is 2.43. The largest absolute Gasteiger partial charge is 0.486 e. The van der Waals surface area contributed by atoms with Gasteiger partial charge < -0.3 is 15.2 Å². The Bertz CT molecular complexity index is 472. The van der Waals surface area contributed by atoms with Crippen LogP contribution in [0.1, 0.15) is 51.1 Å². The van der Waals surface area contributed by atoms with Gasteiger partial charge in [-0.15, -0.1) is 0 Å². The number of aliphatic hydroxyl groups excluding tert-OH is 1. The molecule has 20 heavy (non-hydrogen) atoms. The number of nitrogens with one attached hydrogen (secondary N) is 1. The molecule has 0 spiro atoms.